The van der Waals surface area contributed by atoms with Gasteiger partial charge in [-0.05, 0) is 0 Å². The average molecular weight is 171 g/mol. The summed E-state index contributed by atoms with van der Waals surface area (Å²) in [6.45, 7) is 0. The minimum Gasteiger partial charge on any atom is -0.870 e. The predicted molar refractivity (Wildman–Crippen MR) is 14.3 cm³/mol. The molecule has 0 aliphatic rings. The molecule has 0 aliphatic heterocycles. The van der Waals surface area contributed by atoms with E-state index in [0.717, 1.165) is 0 Å². The van der Waals surface area contributed by atoms with Gasteiger partial charge in [0, 0.05) is 0 Å². The first-order valence-electron chi connectivity index (χ1n) is 0.875. The van der Waals surface area contributed by atoms with Crippen molar-refractivity contribution >= 4 is 9.05 Å². The molecular formula is H4NiO5Si. The van der Waals surface area contributed by atoms with Crippen molar-refractivity contribution in [3.8, 4) is 0 Å². The van der Waals surface area contributed by atoms with Gasteiger partial charge in [0.25, 0.3) is 0 Å². The fraction of sp³-hybridized carbons (Fsp3) is 0. The Kier molecular flexibility index (Phi) is 10.4. The third kappa shape index (κ3) is 508. The molecule has 4 N–H and O–H groups in total. The quantitative estimate of drug-likeness (QED) is 0.328. The van der Waals surface area contributed by atoms with E-state index < -0.39 is 9.05 Å². The molecule has 0 saturated heterocycles. The van der Waals surface area contributed by atoms with Crippen LogP contribution in [0.1, 0.15) is 0 Å². The Hall–Kier alpha value is 0.510. The second-order valence-electron chi connectivity index (χ2n) is 0.574. The van der Waals surface area contributed by atoms with Gasteiger partial charge in [0.2, 0.25) is 0 Å². The molecule has 0 spiro atoms. The van der Waals surface area contributed by atoms with E-state index in [0.29, 0.717) is 0 Å². The largest absolute Gasteiger partial charge is 2.00 e. The van der Waals surface area contributed by atoms with Crippen LogP contribution >= 0.6 is 0 Å². The zero-order valence-electron chi connectivity index (χ0n) is 3.01. The molecule has 0 radical (unpaired) electrons. The van der Waals surface area contributed by atoms with Gasteiger partial charge in [0.05, 0.1) is 0 Å². The summed E-state index contributed by atoms with van der Waals surface area (Å²) in [5, 5.41) is 0. The third-order valence-electron chi connectivity index (χ3n) is 0. The predicted octanol–water partition coefficient (Wildman–Crippen LogP) is -3.42. The Labute approximate surface area is 51.0 Å². The van der Waals surface area contributed by atoms with Crippen LogP contribution in [0, 0.1) is 0 Å². The van der Waals surface area contributed by atoms with E-state index in [1.165, 1.54) is 0 Å². The summed E-state index contributed by atoms with van der Waals surface area (Å²) in [5.74, 6) is 0. The maximum Gasteiger partial charge on any atom is 2.00 e. The Morgan fingerprint density at radius 1 is 1.14 bits per heavy atom. The molecule has 0 aromatic carbocycles. The van der Waals surface area contributed by atoms with E-state index in [1.54, 1.807) is 0 Å². The molecule has 0 saturated carbocycles. The van der Waals surface area contributed by atoms with Crippen LogP contribution in [-0.4, -0.2) is 28.9 Å². The fourth-order valence-corrected chi connectivity index (χ4v) is 0. The molecule has 0 fully saturated rings. The van der Waals surface area contributed by atoms with Gasteiger partial charge in [0.15, 0.2) is 0 Å². The SMILES string of the molecule is [Ni+2].[O-][Si](O)(O)O.[OH-]. The molecule has 48 valence electrons. The molecule has 0 heterocycles. The van der Waals surface area contributed by atoms with Crippen LogP contribution in [0.3, 0.4) is 0 Å². The molecule has 0 aromatic heterocycles. The van der Waals surface area contributed by atoms with Crippen LogP contribution in [0.4, 0.5) is 0 Å². The first-order valence-corrected chi connectivity index (χ1v) is 2.62. The molecule has 5 nitrogen and oxygen atoms in total. The number of hydrogen-bond acceptors (Lipinski definition) is 5. The van der Waals surface area contributed by atoms with E-state index in [-0.39, 0.29) is 22.0 Å². The summed E-state index contributed by atoms with van der Waals surface area (Å²) in [7, 11) is -4.86. The standard InChI is InChI=1S/Ni.H3O4Si.H2O/c;1-5(2,3)4;/h;1-3H;1H2/q+2;-1;/p-1. The maximum absolute atomic E-state index is 8.91. The van der Waals surface area contributed by atoms with E-state index in [4.69, 9.17) is 19.2 Å². The molecule has 0 aliphatic carbocycles. The van der Waals surface area contributed by atoms with Crippen LogP contribution < -0.4 is 4.80 Å². The van der Waals surface area contributed by atoms with E-state index in [9.17, 15) is 0 Å². The normalized spacial score (nSPS) is 8.57. The van der Waals surface area contributed by atoms with Crippen molar-refractivity contribution in [2.24, 2.45) is 0 Å². The van der Waals surface area contributed by atoms with E-state index >= 15 is 0 Å². The molecule has 7 heavy (non-hydrogen) atoms. The Balaban J connectivity index is -0.0000000800. The van der Waals surface area contributed by atoms with Gasteiger partial charge in [-0.1, -0.05) is 0 Å². The van der Waals surface area contributed by atoms with E-state index in [1.807, 2.05) is 0 Å². The Morgan fingerprint density at radius 2 is 1.14 bits per heavy atom. The average Bonchev–Trinajstić information content (AvgIpc) is 0.722. The summed E-state index contributed by atoms with van der Waals surface area (Å²) in [4.78, 5) is 30.6. The summed E-state index contributed by atoms with van der Waals surface area (Å²) in [6.07, 6.45) is 0. The Morgan fingerprint density at radius 3 is 1.14 bits per heavy atom. The van der Waals surface area contributed by atoms with Gasteiger partial charge in [-0.3, -0.25) is 0 Å². The van der Waals surface area contributed by atoms with Crippen LogP contribution in [0.2, 0.25) is 0 Å². The second-order valence-corrected chi connectivity index (χ2v) is 1.72. The van der Waals surface area contributed by atoms with Crippen molar-refractivity contribution in [1.82, 2.24) is 0 Å². The van der Waals surface area contributed by atoms with Crippen molar-refractivity contribution < 1.29 is 41.2 Å². The summed E-state index contributed by atoms with van der Waals surface area (Å²) >= 11 is 0. The summed E-state index contributed by atoms with van der Waals surface area (Å²) < 4.78 is 0. The van der Waals surface area contributed by atoms with Gasteiger partial charge in [-0.2, -0.15) is 0 Å². The monoisotopic (exact) mass is 170 g/mol. The Bertz CT molecular complexity index is 23.6. The molecule has 0 rings (SSSR count). The van der Waals surface area contributed by atoms with Crippen LogP contribution in [0.15, 0.2) is 0 Å². The van der Waals surface area contributed by atoms with Gasteiger partial charge in [0.1, 0.15) is 0 Å². The molecule has 0 aromatic rings. The van der Waals surface area contributed by atoms with Crippen molar-refractivity contribution in [2.75, 3.05) is 0 Å². The van der Waals surface area contributed by atoms with Crippen LogP contribution in [0.25, 0.3) is 0 Å². The first-order chi connectivity index (χ1) is 2.00. The van der Waals surface area contributed by atoms with Gasteiger partial charge < -0.3 is 24.7 Å². The minimum atomic E-state index is -4.86. The van der Waals surface area contributed by atoms with Crippen molar-refractivity contribution in [2.45, 2.75) is 0 Å². The van der Waals surface area contributed by atoms with Crippen LogP contribution in [0.5, 0.6) is 0 Å². The molecule has 0 bridgehead atoms. The summed E-state index contributed by atoms with van der Waals surface area (Å²) in [5.41, 5.74) is 0. The van der Waals surface area contributed by atoms with Gasteiger partial charge in [-0.15, -0.1) is 0 Å². The molecule has 0 unspecified atom stereocenters. The van der Waals surface area contributed by atoms with Gasteiger partial charge >= 0.3 is 25.5 Å². The number of rotatable bonds is 0. The maximum atomic E-state index is 8.91. The smallest absolute Gasteiger partial charge is 0.870 e. The molecule has 7 heteroatoms. The fourth-order valence-electron chi connectivity index (χ4n) is 0. The van der Waals surface area contributed by atoms with Crippen molar-refractivity contribution in [3.63, 3.8) is 0 Å². The zero-order valence-corrected chi connectivity index (χ0v) is 5.00. The van der Waals surface area contributed by atoms with Crippen LogP contribution in [-0.2, 0) is 16.5 Å². The summed E-state index contributed by atoms with van der Waals surface area (Å²) in [6, 6.07) is 0. The molecule has 0 amide bonds. The van der Waals surface area contributed by atoms with E-state index in [2.05, 4.69) is 0 Å². The van der Waals surface area contributed by atoms with Crippen molar-refractivity contribution in [3.05, 3.63) is 0 Å². The van der Waals surface area contributed by atoms with Crippen molar-refractivity contribution in [1.29, 1.82) is 0 Å². The third-order valence-corrected chi connectivity index (χ3v) is 0. The molecular weight excluding hydrogens is 167 g/mol. The molecule has 0 atom stereocenters. The second kappa shape index (κ2) is 4.66. The topological polar surface area (TPSA) is 114 Å². The van der Waals surface area contributed by atoms with Gasteiger partial charge in [-0.25, -0.2) is 0 Å². The first kappa shape index (κ1) is 15.6. The minimum absolute atomic E-state index is 0. The number of hydrogen-bond donors (Lipinski definition) is 3. The zero-order chi connectivity index (χ0) is 4.50.